The standard InChI is InChI=1S/C19H25F3N6O2/c1-2-9-30-15-4-3-12(17(29)24-11-13-5-8-25-28-13)10-14(15)26-18-23-7-6-16(27-18)19(20,21)22/h5-8,12,14-15H,2-4,9-11H2,1H3,(H,24,29)(H,25,28)(H,23,26,27)/t12-,14+,15+/m0/s1. The van der Waals surface area contributed by atoms with Crippen LogP contribution < -0.4 is 10.6 Å². The van der Waals surface area contributed by atoms with Crippen LogP contribution in [0.1, 0.15) is 44.0 Å². The Labute approximate surface area is 172 Å². The number of rotatable bonds is 8. The Morgan fingerprint density at radius 1 is 1.30 bits per heavy atom. The summed E-state index contributed by atoms with van der Waals surface area (Å²) in [7, 11) is 0. The second-order valence-corrected chi connectivity index (χ2v) is 7.23. The number of anilines is 1. The minimum absolute atomic E-state index is 0.115. The maximum absolute atomic E-state index is 13.0. The average molecular weight is 426 g/mol. The number of amides is 1. The number of aromatic nitrogens is 4. The van der Waals surface area contributed by atoms with Gasteiger partial charge in [-0.1, -0.05) is 6.92 Å². The lowest BCUT2D eigenvalue weighted by Gasteiger charge is -2.36. The first-order valence-corrected chi connectivity index (χ1v) is 9.91. The summed E-state index contributed by atoms with van der Waals surface area (Å²) in [5, 5.41) is 12.4. The number of ether oxygens (including phenoxy) is 1. The number of H-pyrrole nitrogens is 1. The highest BCUT2D eigenvalue weighted by Crippen LogP contribution is 2.31. The lowest BCUT2D eigenvalue weighted by atomic mass is 9.83. The van der Waals surface area contributed by atoms with Crippen LogP contribution in [-0.4, -0.2) is 44.8 Å². The molecular weight excluding hydrogens is 401 g/mol. The van der Waals surface area contributed by atoms with Crippen LogP contribution >= 0.6 is 0 Å². The van der Waals surface area contributed by atoms with Crippen molar-refractivity contribution < 1.29 is 22.7 Å². The molecule has 0 radical (unpaired) electrons. The molecular formula is C19H25F3N6O2. The van der Waals surface area contributed by atoms with Crippen molar-refractivity contribution in [1.82, 2.24) is 25.5 Å². The third-order valence-corrected chi connectivity index (χ3v) is 4.97. The van der Waals surface area contributed by atoms with Gasteiger partial charge in [0.1, 0.15) is 5.69 Å². The van der Waals surface area contributed by atoms with Crippen LogP contribution in [0.15, 0.2) is 24.5 Å². The zero-order valence-corrected chi connectivity index (χ0v) is 16.6. The molecule has 3 N–H and O–H groups in total. The number of carbonyl (C=O) groups excluding carboxylic acids is 1. The van der Waals surface area contributed by atoms with E-state index in [1.165, 1.54) is 0 Å². The van der Waals surface area contributed by atoms with Crippen molar-refractivity contribution >= 4 is 11.9 Å². The molecule has 3 atom stereocenters. The lowest BCUT2D eigenvalue weighted by molar-refractivity contribution is -0.141. The number of carbonyl (C=O) groups is 1. The molecule has 11 heteroatoms. The summed E-state index contributed by atoms with van der Waals surface area (Å²) in [5.74, 6) is -0.536. The highest BCUT2D eigenvalue weighted by Gasteiger charge is 2.36. The van der Waals surface area contributed by atoms with Crippen molar-refractivity contribution in [2.24, 2.45) is 5.92 Å². The summed E-state index contributed by atoms with van der Waals surface area (Å²) in [6, 6.07) is 2.21. The summed E-state index contributed by atoms with van der Waals surface area (Å²) >= 11 is 0. The molecule has 1 aliphatic carbocycles. The number of aromatic amines is 1. The van der Waals surface area contributed by atoms with Gasteiger partial charge in [0.05, 0.1) is 24.4 Å². The molecule has 0 spiro atoms. The van der Waals surface area contributed by atoms with E-state index in [1.807, 2.05) is 6.92 Å². The Kier molecular flexibility index (Phi) is 7.24. The first-order valence-electron chi connectivity index (χ1n) is 9.91. The number of nitrogens with one attached hydrogen (secondary N) is 3. The van der Waals surface area contributed by atoms with Gasteiger partial charge in [-0.2, -0.15) is 18.3 Å². The fourth-order valence-electron chi connectivity index (χ4n) is 3.46. The number of hydrogen-bond acceptors (Lipinski definition) is 6. The molecule has 164 valence electrons. The maximum atomic E-state index is 13.0. The fraction of sp³-hybridized carbons (Fsp3) is 0.579. The van der Waals surface area contributed by atoms with Crippen LogP contribution in [0.25, 0.3) is 0 Å². The second kappa shape index (κ2) is 9.88. The first kappa shape index (κ1) is 22.0. The summed E-state index contributed by atoms with van der Waals surface area (Å²) in [6.07, 6.45) is 0.340. The van der Waals surface area contributed by atoms with Gasteiger partial charge in [-0.3, -0.25) is 9.89 Å². The van der Waals surface area contributed by atoms with Gasteiger partial charge < -0.3 is 15.4 Å². The first-order chi connectivity index (χ1) is 14.4. The van der Waals surface area contributed by atoms with Crippen LogP contribution in [0.5, 0.6) is 0 Å². The highest BCUT2D eigenvalue weighted by atomic mass is 19.4. The third-order valence-electron chi connectivity index (χ3n) is 4.97. The molecule has 0 unspecified atom stereocenters. The van der Waals surface area contributed by atoms with E-state index in [9.17, 15) is 18.0 Å². The Morgan fingerprint density at radius 3 is 2.83 bits per heavy atom. The summed E-state index contributed by atoms with van der Waals surface area (Å²) in [4.78, 5) is 20.1. The molecule has 1 aliphatic rings. The average Bonchev–Trinajstić information content (AvgIpc) is 3.24. The highest BCUT2D eigenvalue weighted by molar-refractivity contribution is 5.78. The quantitative estimate of drug-likeness (QED) is 0.600. The zero-order valence-electron chi connectivity index (χ0n) is 16.6. The van der Waals surface area contributed by atoms with Gasteiger partial charge in [-0.15, -0.1) is 0 Å². The van der Waals surface area contributed by atoms with Gasteiger partial charge >= 0.3 is 6.18 Å². The van der Waals surface area contributed by atoms with Gasteiger partial charge in [0.25, 0.3) is 0 Å². The van der Waals surface area contributed by atoms with Crippen LogP contribution in [0.2, 0.25) is 0 Å². The second-order valence-electron chi connectivity index (χ2n) is 7.23. The van der Waals surface area contributed by atoms with Crippen molar-refractivity contribution in [3.8, 4) is 0 Å². The minimum atomic E-state index is -4.56. The smallest absolute Gasteiger partial charge is 0.376 e. The Bertz CT molecular complexity index is 815. The van der Waals surface area contributed by atoms with E-state index in [2.05, 4.69) is 30.8 Å². The molecule has 2 aromatic heterocycles. The van der Waals surface area contributed by atoms with E-state index in [1.54, 1.807) is 12.3 Å². The Hall–Kier alpha value is -2.69. The molecule has 1 amide bonds. The van der Waals surface area contributed by atoms with E-state index >= 15 is 0 Å². The molecule has 30 heavy (non-hydrogen) atoms. The monoisotopic (exact) mass is 426 g/mol. The number of halogens is 3. The van der Waals surface area contributed by atoms with Crippen LogP contribution in [0, 0.1) is 5.92 Å². The molecule has 3 rings (SSSR count). The van der Waals surface area contributed by atoms with Crippen LogP contribution in [0.4, 0.5) is 19.1 Å². The normalized spacial score (nSPS) is 21.9. The molecule has 0 aromatic carbocycles. The molecule has 0 bridgehead atoms. The Morgan fingerprint density at radius 2 is 2.13 bits per heavy atom. The molecule has 2 aromatic rings. The van der Waals surface area contributed by atoms with Crippen molar-refractivity contribution in [3.63, 3.8) is 0 Å². The van der Waals surface area contributed by atoms with E-state index in [4.69, 9.17) is 4.74 Å². The van der Waals surface area contributed by atoms with Gasteiger partial charge in [0.2, 0.25) is 11.9 Å². The molecule has 0 aliphatic heterocycles. The van der Waals surface area contributed by atoms with Crippen LogP contribution in [0.3, 0.4) is 0 Å². The summed E-state index contributed by atoms with van der Waals surface area (Å²) in [5.41, 5.74) is -0.231. The SMILES string of the molecule is CCCO[C@@H]1CC[C@H](C(=O)NCc2ccn[nH]2)C[C@H]1Nc1nccc(C(F)(F)F)n1. The number of hydrogen-bond donors (Lipinski definition) is 3. The van der Waals surface area contributed by atoms with Gasteiger partial charge in [-0.25, -0.2) is 9.97 Å². The van der Waals surface area contributed by atoms with E-state index in [0.29, 0.717) is 32.4 Å². The predicted molar refractivity (Wildman–Crippen MR) is 102 cm³/mol. The number of nitrogens with zero attached hydrogens (tertiary/aromatic N) is 3. The zero-order chi connectivity index (χ0) is 21.6. The van der Waals surface area contributed by atoms with Gasteiger partial charge in [0.15, 0.2) is 0 Å². The summed E-state index contributed by atoms with van der Waals surface area (Å²) in [6.45, 7) is 2.84. The molecule has 2 heterocycles. The minimum Gasteiger partial charge on any atom is -0.376 e. The van der Waals surface area contributed by atoms with Crippen molar-refractivity contribution in [2.75, 3.05) is 11.9 Å². The van der Waals surface area contributed by atoms with E-state index < -0.39 is 11.9 Å². The van der Waals surface area contributed by atoms with Crippen LogP contribution in [-0.2, 0) is 22.3 Å². The molecule has 1 saturated carbocycles. The van der Waals surface area contributed by atoms with Gasteiger partial charge in [0, 0.05) is 24.9 Å². The third kappa shape index (κ3) is 5.91. The maximum Gasteiger partial charge on any atom is 0.433 e. The molecule has 8 nitrogen and oxygen atoms in total. The largest absolute Gasteiger partial charge is 0.433 e. The van der Waals surface area contributed by atoms with Crippen molar-refractivity contribution in [3.05, 3.63) is 35.9 Å². The molecule has 0 saturated heterocycles. The van der Waals surface area contributed by atoms with E-state index in [-0.39, 0.29) is 29.9 Å². The fourth-order valence-corrected chi connectivity index (χ4v) is 3.46. The molecule has 1 fully saturated rings. The van der Waals surface area contributed by atoms with Gasteiger partial charge in [-0.05, 0) is 37.8 Å². The predicted octanol–water partition coefficient (Wildman–Crippen LogP) is 2.91. The van der Waals surface area contributed by atoms with Crippen molar-refractivity contribution in [2.45, 2.75) is 57.5 Å². The topological polar surface area (TPSA) is 105 Å². The number of alkyl halides is 3. The Balaban J connectivity index is 1.67. The lowest BCUT2D eigenvalue weighted by Crippen LogP contribution is -2.45. The van der Waals surface area contributed by atoms with E-state index in [0.717, 1.165) is 24.4 Å². The summed E-state index contributed by atoms with van der Waals surface area (Å²) < 4.78 is 44.7. The van der Waals surface area contributed by atoms with Crippen molar-refractivity contribution in [1.29, 1.82) is 0 Å².